The molecule has 1 N–H and O–H groups in total. The Kier molecular flexibility index (Phi) is 5.72. The summed E-state index contributed by atoms with van der Waals surface area (Å²) in [7, 11) is 0. The first-order valence-corrected chi connectivity index (χ1v) is 4.51. The lowest BCUT2D eigenvalue weighted by molar-refractivity contribution is -0.156. The molecule has 0 radical (unpaired) electrons. The second-order valence-corrected chi connectivity index (χ2v) is 2.77. The van der Waals surface area contributed by atoms with Gasteiger partial charge >= 0.3 is 5.97 Å². The molecule has 3 nitrogen and oxygen atoms in total. The second kappa shape index (κ2) is 6.00. The number of esters is 1. The van der Waals surface area contributed by atoms with E-state index in [1.165, 1.54) is 0 Å². The van der Waals surface area contributed by atoms with Crippen LogP contribution in [0.1, 0.15) is 33.6 Å². The Bertz CT molecular complexity index is 130. The zero-order valence-electron chi connectivity index (χ0n) is 8.04. The van der Waals surface area contributed by atoms with Crippen molar-refractivity contribution in [1.82, 2.24) is 0 Å². The number of hydrogen-bond acceptors (Lipinski definition) is 3. The third kappa shape index (κ3) is 3.22. The third-order valence-electron chi connectivity index (χ3n) is 2.02. The molecule has 0 aliphatic rings. The van der Waals surface area contributed by atoms with Gasteiger partial charge in [-0.25, -0.2) is 4.79 Å². The minimum Gasteiger partial charge on any atom is -0.464 e. The van der Waals surface area contributed by atoms with Crippen LogP contribution in [0.2, 0.25) is 0 Å². The highest BCUT2D eigenvalue weighted by Gasteiger charge is 2.23. The maximum Gasteiger partial charge on any atom is 0.335 e. The number of ether oxygens (including phenoxy) is 1. The van der Waals surface area contributed by atoms with E-state index >= 15 is 0 Å². The summed E-state index contributed by atoms with van der Waals surface area (Å²) < 4.78 is 4.70. The topological polar surface area (TPSA) is 46.5 Å². The van der Waals surface area contributed by atoms with Crippen LogP contribution in [-0.4, -0.2) is 23.8 Å². The molecule has 0 aromatic carbocycles. The number of aliphatic hydroxyl groups is 1. The first-order chi connectivity index (χ1) is 5.67. The van der Waals surface area contributed by atoms with Crippen molar-refractivity contribution in [2.45, 2.75) is 39.7 Å². The highest BCUT2D eigenvalue weighted by Crippen LogP contribution is 2.13. The maximum absolute atomic E-state index is 11.0. The first kappa shape index (κ1) is 11.4. The van der Waals surface area contributed by atoms with Gasteiger partial charge in [0.1, 0.15) is 0 Å². The Labute approximate surface area is 73.7 Å². The van der Waals surface area contributed by atoms with Gasteiger partial charge in [0.15, 0.2) is 6.10 Å². The highest BCUT2D eigenvalue weighted by atomic mass is 16.5. The van der Waals surface area contributed by atoms with Gasteiger partial charge in [-0.3, -0.25) is 0 Å². The van der Waals surface area contributed by atoms with Gasteiger partial charge in [0.2, 0.25) is 0 Å². The van der Waals surface area contributed by atoms with Gasteiger partial charge < -0.3 is 9.84 Å². The predicted octanol–water partition coefficient (Wildman–Crippen LogP) is 1.35. The van der Waals surface area contributed by atoms with Gasteiger partial charge in [-0.05, 0) is 12.8 Å². The fraction of sp³-hybridized carbons (Fsp3) is 0.889. The fourth-order valence-electron chi connectivity index (χ4n) is 1.16. The van der Waals surface area contributed by atoms with Crippen molar-refractivity contribution in [3.05, 3.63) is 0 Å². The van der Waals surface area contributed by atoms with Crippen LogP contribution in [0.3, 0.4) is 0 Å². The van der Waals surface area contributed by atoms with Crippen molar-refractivity contribution in [3.63, 3.8) is 0 Å². The van der Waals surface area contributed by atoms with E-state index in [1.54, 1.807) is 6.92 Å². The molecule has 0 aromatic rings. The molecule has 0 bridgehead atoms. The largest absolute Gasteiger partial charge is 0.464 e. The van der Waals surface area contributed by atoms with Gasteiger partial charge in [0.05, 0.1) is 6.61 Å². The number of aliphatic hydroxyl groups excluding tert-OH is 1. The SMILES string of the molecule is CCOC(=O)C(O)C(CC)CC. The first-order valence-electron chi connectivity index (χ1n) is 4.51. The van der Waals surface area contributed by atoms with E-state index < -0.39 is 12.1 Å². The van der Waals surface area contributed by atoms with Crippen molar-refractivity contribution in [3.8, 4) is 0 Å². The van der Waals surface area contributed by atoms with Crippen LogP contribution in [0.25, 0.3) is 0 Å². The summed E-state index contributed by atoms with van der Waals surface area (Å²) in [5.74, 6) is -0.463. The molecule has 3 heteroatoms. The summed E-state index contributed by atoms with van der Waals surface area (Å²) in [6.07, 6.45) is 0.660. The fourth-order valence-corrected chi connectivity index (χ4v) is 1.16. The van der Waals surface area contributed by atoms with Gasteiger partial charge in [0.25, 0.3) is 0 Å². The van der Waals surface area contributed by atoms with Gasteiger partial charge in [-0.15, -0.1) is 0 Å². The van der Waals surface area contributed by atoms with E-state index in [9.17, 15) is 9.90 Å². The number of hydrogen-bond donors (Lipinski definition) is 1. The van der Waals surface area contributed by atoms with Gasteiger partial charge in [0, 0.05) is 0 Å². The molecule has 0 saturated heterocycles. The summed E-state index contributed by atoms with van der Waals surface area (Å²) >= 11 is 0. The average molecular weight is 174 g/mol. The lowest BCUT2D eigenvalue weighted by Gasteiger charge is -2.17. The minimum absolute atomic E-state index is 0.0315. The van der Waals surface area contributed by atoms with Crippen molar-refractivity contribution in [1.29, 1.82) is 0 Å². The second-order valence-electron chi connectivity index (χ2n) is 2.77. The molecule has 1 atom stereocenters. The van der Waals surface area contributed by atoms with E-state index in [0.29, 0.717) is 6.61 Å². The average Bonchev–Trinajstić information content (AvgIpc) is 2.07. The standard InChI is InChI=1S/C9H18O3/c1-4-7(5-2)8(10)9(11)12-6-3/h7-8,10H,4-6H2,1-3H3. The molecule has 0 aliphatic heterocycles. The molecular weight excluding hydrogens is 156 g/mol. The summed E-state index contributed by atoms with van der Waals surface area (Å²) in [4.78, 5) is 11.0. The minimum atomic E-state index is -0.944. The molecule has 12 heavy (non-hydrogen) atoms. The van der Waals surface area contributed by atoms with Gasteiger partial charge in [-0.2, -0.15) is 0 Å². The Hall–Kier alpha value is -0.570. The quantitative estimate of drug-likeness (QED) is 0.640. The van der Waals surface area contributed by atoms with E-state index in [1.807, 2.05) is 13.8 Å². The molecule has 72 valence electrons. The van der Waals surface area contributed by atoms with Crippen LogP contribution < -0.4 is 0 Å². The molecule has 1 unspecified atom stereocenters. The van der Waals surface area contributed by atoms with Crippen LogP contribution in [0.15, 0.2) is 0 Å². The van der Waals surface area contributed by atoms with Crippen LogP contribution in [0.4, 0.5) is 0 Å². The number of rotatable bonds is 5. The van der Waals surface area contributed by atoms with Crippen molar-refractivity contribution in [2.24, 2.45) is 5.92 Å². The van der Waals surface area contributed by atoms with Crippen LogP contribution in [0, 0.1) is 5.92 Å². The Morgan fingerprint density at radius 2 is 1.83 bits per heavy atom. The smallest absolute Gasteiger partial charge is 0.335 e. The van der Waals surface area contributed by atoms with E-state index in [0.717, 1.165) is 12.8 Å². The molecule has 0 aliphatic carbocycles. The third-order valence-corrected chi connectivity index (χ3v) is 2.02. The van der Waals surface area contributed by atoms with E-state index in [2.05, 4.69) is 0 Å². The Morgan fingerprint density at radius 3 is 2.17 bits per heavy atom. The van der Waals surface area contributed by atoms with Crippen molar-refractivity contribution >= 4 is 5.97 Å². The van der Waals surface area contributed by atoms with E-state index in [-0.39, 0.29) is 5.92 Å². The number of carbonyl (C=O) groups excluding carboxylic acids is 1. The predicted molar refractivity (Wildman–Crippen MR) is 46.7 cm³/mol. The summed E-state index contributed by atoms with van der Waals surface area (Å²) in [5.41, 5.74) is 0. The Morgan fingerprint density at radius 1 is 1.33 bits per heavy atom. The van der Waals surface area contributed by atoms with Gasteiger partial charge in [-0.1, -0.05) is 26.7 Å². The molecule has 0 aromatic heterocycles. The molecule has 0 spiro atoms. The normalized spacial score (nSPS) is 13.1. The van der Waals surface area contributed by atoms with Crippen LogP contribution >= 0.6 is 0 Å². The summed E-state index contributed by atoms with van der Waals surface area (Å²) in [6.45, 7) is 5.97. The Balaban J connectivity index is 3.96. The van der Waals surface area contributed by atoms with E-state index in [4.69, 9.17) is 4.74 Å². The van der Waals surface area contributed by atoms with Crippen LogP contribution in [0.5, 0.6) is 0 Å². The summed E-state index contributed by atoms with van der Waals surface area (Å²) in [5, 5.41) is 9.43. The summed E-state index contributed by atoms with van der Waals surface area (Å²) in [6, 6.07) is 0. The number of carbonyl (C=O) groups is 1. The van der Waals surface area contributed by atoms with Crippen molar-refractivity contribution in [2.75, 3.05) is 6.61 Å². The highest BCUT2D eigenvalue weighted by molar-refractivity contribution is 5.74. The maximum atomic E-state index is 11.0. The zero-order chi connectivity index (χ0) is 9.56. The molecule has 0 amide bonds. The zero-order valence-corrected chi connectivity index (χ0v) is 8.04. The lowest BCUT2D eigenvalue weighted by Crippen LogP contribution is -2.30. The monoisotopic (exact) mass is 174 g/mol. The molecule has 0 fully saturated rings. The molecule has 0 heterocycles. The van der Waals surface area contributed by atoms with Crippen LogP contribution in [-0.2, 0) is 9.53 Å². The lowest BCUT2D eigenvalue weighted by atomic mass is 9.97. The molecule has 0 saturated carbocycles. The van der Waals surface area contributed by atoms with Crippen molar-refractivity contribution < 1.29 is 14.6 Å². The molecule has 0 rings (SSSR count). The molecular formula is C9H18O3.